The molecule has 2 aromatic rings. The lowest BCUT2D eigenvalue weighted by Gasteiger charge is -2.37. The zero-order chi connectivity index (χ0) is 28.2. The maximum atomic E-state index is 13.2. The van der Waals surface area contributed by atoms with E-state index >= 15 is 0 Å². The molecule has 0 spiro atoms. The molecule has 2 unspecified atom stereocenters. The molecule has 17 heteroatoms. The Morgan fingerprint density at radius 3 is 2.31 bits per heavy atom. The average molecular weight is 608 g/mol. The lowest BCUT2D eigenvalue weighted by atomic mass is 10.0. The molecule has 1 N–H and O–H groups in total. The molecule has 3 fully saturated rings. The maximum absolute atomic E-state index is 13.2. The minimum atomic E-state index is -6.15. The molecule has 210 valence electrons. The van der Waals surface area contributed by atoms with Gasteiger partial charge in [0.2, 0.25) is 15.8 Å². The molecule has 1 aliphatic carbocycles. The molecule has 2 bridgehead atoms. The van der Waals surface area contributed by atoms with Gasteiger partial charge in [0.05, 0.1) is 22.5 Å². The van der Waals surface area contributed by atoms with Crippen LogP contribution in [0.5, 0.6) is 11.6 Å². The highest BCUT2D eigenvalue weighted by Crippen LogP contribution is 2.45. The van der Waals surface area contributed by atoms with Gasteiger partial charge in [-0.25, -0.2) is 18.2 Å². The summed E-state index contributed by atoms with van der Waals surface area (Å²) < 4.78 is 101. The molecule has 1 saturated carbocycles. The van der Waals surface area contributed by atoms with E-state index in [1.54, 1.807) is 0 Å². The number of piperidine rings is 1. The number of fused-ring (bicyclic) bond motifs is 2. The average Bonchev–Trinajstić information content (AvgIpc) is 3.67. The third-order valence-electron chi connectivity index (χ3n) is 6.72. The van der Waals surface area contributed by atoms with Crippen LogP contribution in [0.4, 0.5) is 30.4 Å². The molecular formula is C22H21ClF3N5O6S2. The molecule has 2 aliphatic heterocycles. The summed E-state index contributed by atoms with van der Waals surface area (Å²) in [6, 6.07) is 3.34. The Labute approximate surface area is 227 Å². The van der Waals surface area contributed by atoms with Crippen LogP contribution >= 0.6 is 11.6 Å². The van der Waals surface area contributed by atoms with Gasteiger partial charge >= 0.3 is 15.6 Å². The predicted octanol–water partition coefficient (Wildman–Crippen LogP) is 4.52. The Kier molecular flexibility index (Phi) is 7.06. The summed E-state index contributed by atoms with van der Waals surface area (Å²) >= 11 is 6.15. The number of benzene rings is 1. The van der Waals surface area contributed by atoms with Crippen molar-refractivity contribution >= 4 is 48.9 Å². The van der Waals surface area contributed by atoms with Gasteiger partial charge in [-0.1, -0.05) is 17.7 Å². The molecule has 11 nitrogen and oxygen atoms in total. The van der Waals surface area contributed by atoms with Gasteiger partial charge in [-0.05, 0) is 37.8 Å². The molecule has 3 aliphatic rings. The minimum absolute atomic E-state index is 0.00929. The van der Waals surface area contributed by atoms with E-state index in [9.17, 15) is 30.0 Å². The first-order valence-corrected chi connectivity index (χ1v) is 15.1. The van der Waals surface area contributed by atoms with E-state index in [4.69, 9.17) is 22.9 Å². The van der Waals surface area contributed by atoms with Gasteiger partial charge in [-0.15, -0.1) is 0 Å². The van der Waals surface area contributed by atoms with E-state index in [2.05, 4.69) is 24.3 Å². The summed E-state index contributed by atoms with van der Waals surface area (Å²) in [7, 11) is -9.59. The molecule has 1 aromatic carbocycles. The third-order valence-corrected chi connectivity index (χ3v) is 10.5. The highest BCUT2D eigenvalue weighted by molar-refractivity contribution is 7.90. The van der Waals surface area contributed by atoms with Crippen molar-refractivity contribution in [1.82, 2.24) is 14.3 Å². The van der Waals surface area contributed by atoms with Crippen LogP contribution in [0.2, 0.25) is 5.02 Å². The van der Waals surface area contributed by atoms with Gasteiger partial charge < -0.3 is 14.2 Å². The van der Waals surface area contributed by atoms with Gasteiger partial charge in [0, 0.05) is 24.9 Å². The molecule has 5 rings (SSSR count). The lowest BCUT2D eigenvalue weighted by Crippen LogP contribution is -2.50. The summed E-state index contributed by atoms with van der Waals surface area (Å²) in [5.41, 5.74) is -5.47. The zero-order valence-corrected chi connectivity index (χ0v) is 22.3. The Hall–Kier alpha value is -2.87. The summed E-state index contributed by atoms with van der Waals surface area (Å²) in [4.78, 5) is 10.9. The van der Waals surface area contributed by atoms with Gasteiger partial charge in [0.15, 0.2) is 11.5 Å². The van der Waals surface area contributed by atoms with Crippen molar-refractivity contribution in [3.63, 3.8) is 0 Å². The number of nitrogens with zero attached hydrogens (tertiary/aromatic N) is 4. The Morgan fingerprint density at radius 2 is 1.74 bits per heavy atom. The third kappa shape index (κ3) is 5.45. The Bertz CT molecular complexity index is 1530. The first-order chi connectivity index (χ1) is 18.3. The normalized spacial score (nSPS) is 23.7. The first-order valence-electron chi connectivity index (χ1n) is 11.8. The SMILES string of the molecule is [C-]#[N+]c1ccc(Nc2ncnc(OC3CC4CCC(C3)N4S(=O)(=O)C3CC3)c2OS(=O)(=O)C(F)(F)F)c(Cl)c1. The summed E-state index contributed by atoms with van der Waals surface area (Å²) in [5.74, 6) is -2.00. The van der Waals surface area contributed by atoms with Crippen molar-refractivity contribution in [2.45, 2.75) is 67.5 Å². The number of anilines is 2. The van der Waals surface area contributed by atoms with Crippen LogP contribution in [-0.4, -0.2) is 60.1 Å². The quantitative estimate of drug-likeness (QED) is 0.261. The molecule has 2 saturated heterocycles. The van der Waals surface area contributed by atoms with E-state index in [1.807, 2.05) is 0 Å². The molecule has 2 atom stereocenters. The number of ether oxygens (including phenoxy) is 1. The van der Waals surface area contributed by atoms with E-state index in [0.29, 0.717) is 25.7 Å². The van der Waals surface area contributed by atoms with Crippen molar-refractivity contribution in [2.75, 3.05) is 5.32 Å². The van der Waals surface area contributed by atoms with E-state index in [1.165, 1.54) is 22.5 Å². The number of nitrogens with one attached hydrogen (secondary N) is 1. The van der Waals surface area contributed by atoms with Gasteiger partial charge in [-0.3, -0.25) is 0 Å². The number of rotatable bonds is 8. The Balaban J connectivity index is 1.45. The number of sulfonamides is 1. The van der Waals surface area contributed by atoms with E-state index in [0.717, 1.165) is 6.33 Å². The molecule has 3 heterocycles. The summed E-state index contributed by atoms with van der Waals surface area (Å²) in [6.45, 7) is 7.06. The lowest BCUT2D eigenvalue weighted by molar-refractivity contribution is -0.0501. The fraction of sp³-hybridized carbons (Fsp3) is 0.500. The highest BCUT2D eigenvalue weighted by Gasteiger charge is 2.53. The number of alkyl halides is 3. The number of hydrogen-bond donors (Lipinski definition) is 1. The fourth-order valence-corrected chi connectivity index (χ4v) is 7.83. The second kappa shape index (κ2) is 9.95. The fourth-order valence-electron chi connectivity index (χ4n) is 4.86. The standard InChI is InChI=1S/C22H21ClF3N5O6S2/c1-27-12-2-7-18(17(23)8-12)30-20-19(37-39(34,35)22(24,25)26)21(29-11-28-20)36-15-9-13-3-4-14(10-15)31(13)38(32,33)16-5-6-16/h2,7-8,11,13-16H,3-6,9-10H2,(H,28,29,30). The largest absolute Gasteiger partial charge is 0.534 e. The monoisotopic (exact) mass is 607 g/mol. The van der Waals surface area contributed by atoms with Crippen molar-refractivity contribution in [1.29, 1.82) is 0 Å². The van der Waals surface area contributed by atoms with E-state index in [-0.39, 0.29) is 46.6 Å². The van der Waals surface area contributed by atoms with Crippen LogP contribution in [0, 0.1) is 6.57 Å². The summed E-state index contributed by atoms with van der Waals surface area (Å²) in [5, 5.41) is 2.24. The molecule has 1 aromatic heterocycles. The zero-order valence-electron chi connectivity index (χ0n) is 19.9. The number of hydrogen-bond acceptors (Lipinski definition) is 9. The first kappa shape index (κ1) is 27.7. The topological polar surface area (TPSA) is 132 Å². The van der Waals surface area contributed by atoms with Crippen molar-refractivity contribution in [3.8, 4) is 11.6 Å². The van der Waals surface area contributed by atoms with Crippen LogP contribution in [0.25, 0.3) is 4.85 Å². The van der Waals surface area contributed by atoms with Crippen LogP contribution in [-0.2, 0) is 20.1 Å². The second-order valence-electron chi connectivity index (χ2n) is 9.41. The molecule has 0 amide bonds. The van der Waals surface area contributed by atoms with Gasteiger partial charge in [0.25, 0.3) is 5.88 Å². The summed E-state index contributed by atoms with van der Waals surface area (Å²) in [6.07, 6.45) is 3.20. The minimum Gasteiger partial charge on any atom is -0.471 e. The van der Waals surface area contributed by atoms with Gasteiger partial charge in [0.1, 0.15) is 12.4 Å². The maximum Gasteiger partial charge on any atom is 0.534 e. The van der Waals surface area contributed by atoms with Crippen molar-refractivity contribution in [3.05, 3.63) is 41.0 Å². The van der Waals surface area contributed by atoms with Crippen LogP contribution in [0.15, 0.2) is 24.5 Å². The molecule has 39 heavy (non-hydrogen) atoms. The molecule has 0 radical (unpaired) electrons. The van der Waals surface area contributed by atoms with Crippen LogP contribution in [0.1, 0.15) is 38.5 Å². The van der Waals surface area contributed by atoms with Crippen LogP contribution in [0.3, 0.4) is 0 Å². The predicted molar refractivity (Wildman–Crippen MR) is 133 cm³/mol. The Morgan fingerprint density at radius 1 is 1.08 bits per heavy atom. The highest BCUT2D eigenvalue weighted by atomic mass is 35.5. The smallest absolute Gasteiger partial charge is 0.471 e. The van der Waals surface area contributed by atoms with E-state index < -0.39 is 49.2 Å². The van der Waals surface area contributed by atoms with Crippen molar-refractivity contribution in [2.24, 2.45) is 0 Å². The van der Waals surface area contributed by atoms with Crippen molar-refractivity contribution < 1.29 is 38.9 Å². The van der Waals surface area contributed by atoms with Gasteiger partial charge in [-0.2, -0.15) is 30.9 Å². The number of halogens is 4. The number of aromatic nitrogens is 2. The van der Waals surface area contributed by atoms with Crippen LogP contribution < -0.4 is 14.2 Å². The second-order valence-corrected chi connectivity index (χ2v) is 13.5. The molecular weight excluding hydrogens is 587 g/mol.